The molecule has 0 N–H and O–H groups in total. The maximum absolute atomic E-state index is 13.4. The first-order valence-electron chi connectivity index (χ1n) is 7.31. The molecule has 110 valence electrons. The van der Waals surface area contributed by atoms with Gasteiger partial charge in [0.25, 0.3) is 0 Å². The first-order chi connectivity index (χ1) is 10.4. The molecule has 22 heavy (non-hydrogen) atoms. The fourth-order valence-corrected chi connectivity index (χ4v) is 2.96. The Labute approximate surface area is 127 Å². The lowest BCUT2D eigenvalue weighted by molar-refractivity contribution is 0.573. The van der Waals surface area contributed by atoms with Gasteiger partial charge in [-0.15, -0.1) is 0 Å². The minimum Gasteiger partial charge on any atom is -0.297 e. The van der Waals surface area contributed by atoms with E-state index in [9.17, 15) is 4.39 Å². The van der Waals surface area contributed by atoms with E-state index in [-0.39, 0.29) is 11.2 Å². The highest BCUT2D eigenvalue weighted by Crippen LogP contribution is 2.31. The van der Waals surface area contributed by atoms with Crippen molar-refractivity contribution in [2.24, 2.45) is 0 Å². The van der Waals surface area contributed by atoms with Gasteiger partial charge in [-0.25, -0.2) is 9.37 Å². The van der Waals surface area contributed by atoms with Gasteiger partial charge in [-0.1, -0.05) is 20.8 Å². The van der Waals surface area contributed by atoms with E-state index in [0.29, 0.717) is 0 Å². The zero-order valence-corrected chi connectivity index (χ0v) is 12.8. The first kappa shape index (κ1) is 13.2. The maximum atomic E-state index is 13.4. The first-order valence-corrected chi connectivity index (χ1v) is 7.31. The van der Waals surface area contributed by atoms with E-state index in [0.717, 1.165) is 33.1 Å². The topological polar surface area (TPSA) is 30.2 Å². The fraction of sp³-hybridized carbons (Fsp3) is 0.222. The Morgan fingerprint density at radius 1 is 1.09 bits per heavy atom. The fourth-order valence-electron chi connectivity index (χ4n) is 2.96. The van der Waals surface area contributed by atoms with Crippen molar-refractivity contribution >= 4 is 27.5 Å². The van der Waals surface area contributed by atoms with E-state index in [1.807, 2.05) is 18.3 Å². The van der Waals surface area contributed by atoms with E-state index in [4.69, 9.17) is 4.98 Å². The van der Waals surface area contributed by atoms with Gasteiger partial charge in [0, 0.05) is 23.2 Å². The Balaban J connectivity index is 2.21. The van der Waals surface area contributed by atoms with Crippen LogP contribution >= 0.6 is 0 Å². The van der Waals surface area contributed by atoms with Gasteiger partial charge in [-0.2, -0.15) is 0 Å². The number of aromatic nitrogens is 3. The quantitative estimate of drug-likeness (QED) is 0.479. The molecule has 3 nitrogen and oxygen atoms in total. The zero-order valence-electron chi connectivity index (χ0n) is 12.8. The summed E-state index contributed by atoms with van der Waals surface area (Å²) in [5.74, 6) is -0.231. The average Bonchev–Trinajstić information content (AvgIpc) is 2.84. The SMILES string of the molecule is CC(C)(C)c1nccc2nc3c4ccc(F)cc4ccn3c12. The summed E-state index contributed by atoms with van der Waals surface area (Å²) in [5.41, 5.74) is 3.71. The summed E-state index contributed by atoms with van der Waals surface area (Å²) in [4.78, 5) is 9.32. The summed E-state index contributed by atoms with van der Waals surface area (Å²) in [6, 6.07) is 8.65. The number of hydrogen-bond donors (Lipinski definition) is 0. The van der Waals surface area contributed by atoms with Gasteiger partial charge >= 0.3 is 0 Å². The number of fused-ring (bicyclic) bond motifs is 5. The third-order valence-corrected chi connectivity index (χ3v) is 3.97. The van der Waals surface area contributed by atoms with Crippen LogP contribution in [-0.4, -0.2) is 14.4 Å². The molecule has 0 radical (unpaired) electrons. The second-order valence-electron chi connectivity index (χ2n) is 6.63. The standard InChI is InChI=1S/C18H16FN3/c1-18(2,3)16-15-14(6-8-20-16)21-17-13-5-4-12(19)10-11(13)7-9-22(15)17/h4-10H,1-3H3. The van der Waals surface area contributed by atoms with Gasteiger partial charge in [-0.3, -0.25) is 9.38 Å². The lowest BCUT2D eigenvalue weighted by atomic mass is 9.91. The molecule has 0 spiro atoms. The van der Waals surface area contributed by atoms with E-state index in [1.54, 1.807) is 12.3 Å². The second kappa shape index (κ2) is 4.26. The van der Waals surface area contributed by atoms with E-state index in [1.165, 1.54) is 12.1 Å². The van der Waals surface area contributed by atoms with Crippen LogP contribution in [0.25, 0.3) is 27.5 Å². The second-order valence-corrected chi connectivity index (χ2v) is 6.63. The molecule has 0 atom stereocenters. The number of imidazole rings is 1. The largest absolute Gasteiger partial charge is 0.297 e. The summed E-state index contributed by atoms with van der Waals surface area (Å²) < 4.78 is 15.5. The highest BCUT2D eigenvalue weighted by atomic mass is 19.1. The summed E-state index contributed by atoms with van der Waals surface area (Å²) in [7, 11) is 0. The molecule has 3 heterocycles. The molecular weight excluding hydrogens is 277 g/mol. The highest BCUT2D eigenvalue weighted by Gasteiger charge is 2.22. The van der Waals surface area contributed by atoms with Gasteiger partial charge < -0.3 is 0 Å². The van der Waals surface area contributed by atoms with Crippen molar-refractivity contribution in [3.8, 4) is 0 Å². The Morgan fingerprint density at radius 3 is 2.68 bits per heavy atom. The highest BCUT2D eigenvalue weighted by molar-refractivity contribution is 5.98. The summed E-state index contributed by atoms with van der Waals surface area (Å²) in [5, 5.41) is 1.80. The van der Waals surface area contributed by atoms with Gasteiger partial charge in [-0.05, 0) is 35.7 Å². The van der Waals surface area contributed by atoms with Crippen LogP contribution in [0.1, 0.15) is 26.5 Å². The number of benzene rings is 1. The summed E-state index contributed by atoms with van der Waals surface area (Å²) in [6.45, 7) is 6.43. The molecule has 0 saturated carbocycles. The molecule has 1 aromatic carbocycles. The normalized spacial score (nSPS) is 12.5. The summed E-state index contributed by atoms with van der Waals surface area (Å²) >= 11 is 0. The van der Waals surface area contributed by atoms with Crippen molar-refractivity contribution in [3.05, 3.63) is 54.2 Å². The third kappa shape index (κ3) is 1.80. The molecule has 0 unspecified atom stereocenters. The van der Waals surface area contributed by atoms with Crippen molar-refractivity contribution in [2.75, 3.05) is 0 Å². The smallest absolute Gasteiger partial charge is 0.145 e. The van der Waals surface area contributed by atoms with E-state index < -0.39 is 0 Å². The molecule has 4 rings (SSSR count). The minimum absolute atomic E-state index is 0.0762. The molecule has 0 bridgehead atoms. The predicted octanol–water partition coefficient (Wildman–Crippen LogP) is 4.47. The lowest BCUT2D eigenvalue weighted by Crippen LogP contribution is -2.14. The van der Waals surface area contributed by atoms with Crippen molar-refractivity contribution in [1.29, 1.82) is 0 Å². The molecule has 0 amide bonds. The van der Waals surface area contributed by atoms with Crippen LogP contribution < -0.4 is 0 Å². The number of halogens is 1. The Bertz CT molecular complexity index is 1030. The van der Waals surface area contributed by atoms with Crippen LogP contribution in [0, 0.1) is 5.82 Å². The molecule has 0 fully saturated rings. The van der Waals surface area contributed by atoms with Crippen molar-refractivity contribution in [1.82, 2.24) is 14.4 Å². The van der Waals surface area contributed by atoms with Crippen LogP contribution in [-0.2, 0) is 5.41 Å². The van der Waals surface area contributed by atoms with Crippen LogP contribution in [0.2, 0.25) is 0 Å². The predicted molar refractivity (Wildman–Crippen MR) is 86.7 cm³/mol. The molecular formula is C18H16FN3. The van der Waals surface area contributed by atoms with Crippen LogP contribution in [0.3, 0.4) is 0 Å². The van der Waals surface area contributed by atoms with E-state index in [2.05, 4.69) is 30.2 Å². The number of nitrogens with zero attached hydrogens (tertiary/aromatic N) is 3. The van der Waals surface area contributed by atoms with Gasteiger partial charge in [0.2, 0.25) is 0 Å². The van der Waals surface area contributed by atoms with Gasteiger partial charge in [0.15, 0.2) is 0 Å². The third-order valence-electron chi connectivity index (χ3n) is 3.97. The molecule has 4 heteroatoms. The Hall–Kier alpha value is -2.49. The van der Waals surface area contributed by atoms with E-state index >= 15 is 0 Å². The molecule has 4 aromatic rings. The number of pyridine rings is 2. The average molecular weight is 293 g/mol. The van der Waals surface area contributed by atoms with Crippen LogP contribution in [0.15, 0.2) is 42.7 Å². The maximum Gasteiger partial charge on any atom is 0.145 e. The van der Waals surface area contributed by atoms with Crippen LogP contribution in [0.5, 0.6) is 0 Å². The number of rotatable bonds is 0. The Kier molecular flexibility index (Phi) is 2.55. The monoisotopic (exact) mass is 293 g/mol. The van der Waals surface area contributed by atoms with Gasteiger partial charge in [0.05, 0.1) is 16.7 Å². The molecule has 0 aliphatic rings. The van der Waals surface area contributed by atoms with Gasteiger partial charge in [0.1, 0.15) is 11.5 Å². The lowest BCUT2D eigenvalue weighted by Gasteiger charge is -2.18. The molecule has 0 saturated heterocycles. The molecule has 0 aliphatic heterocycles. The number of hydrogen-bond acceptors (Lipinski definition) is 2. The van der Waals surface area contributed by atoms with Crippen molar-refractivity contribution < 1.29 is 4.39 Å². The molecule has 3 aromatic heterocycles. The Morgan fingerprint density at radius 2 is 1.91 bits per heavy atom. The minimum atomic E-state index is -0.231. The van der Waals surface area contributed by atoms with Crippen molar-refractivity contribution in [3.63, 3.8) is 0 Å². The molecule has 0 aliphatic carbocycles. The van der Waals surface area contributed by atoms with Crippen LogP contribution in [0.4, 0.5) is 4.39 Å². The zero-order chi connectivity index (χ0) is 15.5. The summed E-state index contributed by atoms with van der Waals surface area (Å²) in [6.07, 6.45) is 3.75. The van der Waals surface area contributed by atoms with Crippen molar-refractivity contribution in [2.45, 2.75) is 26.2 Å².